The van der Waals surface area contributed by atoms with Crippen LogP contribution >= 0.6 is 15.9 Å². The van der Waals surface area contributed by atoms with E-state index in [-0.39, 0.29) is 0 Å². The van der Waals surface area contributed by atoms with Gasteiger partial charge >= 0.3 is 0 Å². The molecular formula is C13H8BrN3O. The first-order valence-electron chi connectivity index (χ1n) is 5.33. The zero-order valence-electron chi connectivity index (χ0n) is 9.25. The van der Waals surface area contributed by atoms with Gasteiger partial charge in [0.1, 0.15) is 0 Å². The van der Waals surface area contributed by atoms with Crippen molar-refractivity contribution in [3.05, 3.63) is 53.3 Å². The quantitative estimate of drug-likeness (QED) is 0.726. The number of nitrogens with zero attached hydrogens (tertiary/aromatic N) is 3. The molecule has 5 heteroatoms. The molecule has 0 aliphatic carbocycles. The van der Waals surface area contributed by atoms with Crippen LogP contribution in [-0.2, 0) is 0 Å². The van der Waals surface area contributed by atoms with Gasteiger partial charge in [0, 0.05) is 22.4 Å². The van der Waals surface area contributed by atoms with E-state index in [2.05, 4.69) is 31.1 Å². The van der Waals surface area contributed by atoms with Crippen molar-refractivity contribution in [3.63, 3.8) is 0 Å². The highest BCUT2D eigenvalue weighted by Gasteiger charge is 2.12. The van der Waals surface area contributed by atoms with E-state index in [1.165, 1.54) is 0 Å². The molecule has 0 spiro atoms. The predicted octanol–water partition coefficient (Wildman–Crippen LogP) is 3.56. The van der Waals surface area contributed by atoms with Crippen molar-refractivity contribution in [2.75, 3.05) is 0 Å². The van der Waals surface area contributed by atoms with Crippen molar-refractivity contribution >= 4 is 15.9 Å². The van der Waals surface area contributed by atoms with E-state index in [0.29, 0.717) is 11.7 Å². The molecule has 0 N–H and O–H groups in total. The predicted molar refractivity (Wildman–Crippen MR) is 70.7 cm³/mol. The van der Waals surface area contributed by atoms with E-state index in [1.54, 1.807) is 12.4 Å². The Balaban J connectivity index is 2.03. The van der Waals surface area contributed by atoms with Crippen molar-refractivity contribution in [1.29, 1.82) is 0 Å². The van der Waals surface area contributed by atoms with Gasteiger partial charge in [-0.05, 0) is 40.2 Å². The molecule has 0 atom stereocenters. The summed E-state index contributed by atoms with van der Waals surface area (Å²) in [6.07, 6.45) is 3.40. The Hall–Kier alpha value is -2.01. The van der Waals surface area contributed by atoms with Crippen LogP contribution in [0.5, 0.6) is 0 Å². The molecule has 2 aromatic heterocycles. The summed E-state index contributed by atoms with van der Waals surface area (Å²) in [5.41, 5.74) is 1.76. The molecule has 0 aliphatic heterocycles. The van der Waals surface area contributed by atoms with E-state index < -0.39 is 0 Å². The lowest BCUT2D eigenvalue weighted by Crippen LogP contribution is -1.82. The summed E-state index contributed by atoms with van der Waals surface area (Å²) in [7, 11) is 0. The van der Waals surface area contributed by atoms with Gasteiger partial charge in [-0.25, -0.2) is 0 Å². The summed E-state index contributed by atoms with van der Waals surface area (Å²) >= 11 is 3.46. The second-order valence-electron chi connectivity index (χ2n) is 3.64. The van der Waals surface area contributed by atoms with Gasteiger partial charge in [0.05, 0.1) is 5.56 Å². The number of rotatable bonds is 2. The van der Waals surface area contributed by atoms with Crippen LogP contribution in [0.2, 0.25) is 0 Å². The maximum absolute atomic E-state index is 5.27. The van der Waals surface area contributed by atoms with Gasteiger partial charge < -0.3 is 4.52 Å². The second-order valence-corrected chi connectivity index (χ2v) is 4.49. The Morgan fingerprint density at radius 3 is 2.56 bits per heavy atom. The maximum atomic E-state index is 5.27. The maximum Gasteiger partial charge on any atom is 0.259 e. The number of hydrogen-bond donors (Lipinski definition) is 0. The van der Waals surface area contributed by atoms with Gasteiger partial charge in [0.15, 0.2) is 0 Å². The molecule has 0 fully saturated rings. The van der Waals surface area contributed by atoms with Crippen LogP contribution in [0.3, 0.4) is 0 Å². The Kier molecular flexibility index (Phi) is 2.90. The summed E-state index contributed by atoms with van der Waals surface area (Å²) in [5, 5.41) is 3.97. The molecular weight excluding hydrogens is 294 g/mol. The van der Waals surface area contributed by atoms with Crippen LogP contribution in [0.25, 0.3) is 22.8 Å². The minimum absolute atomic E-state index is 0.495. The van der Waals surface area contributed by atoms with E-state index in [9.17, 15) is 0 Å². The minimum Gasteiger partial charge on any atom is -0.334 e. The molecule has 0 radical (unpaired) electrons. The van der Waals surface area contributed by atoms with Crippen LogP contribution in [0.4, 0.5) is 0 Å². The Bertz CT molecular complexity index is 667. The molecule has 3 rings (SSSR count). The van der Waals surface area contributed by atoms with Crippen molar-refractivity contribution < 1.29 is 4.52 Å². The molecule has 0 saturated heterocycles. The molecule has 0 unspecified atom stereocenters. The van der Waals surface area contributed by atoms with Crippen LogP contribution in [0.1, 0.15) is 0 Å². The largest absolute Gasteiger partial charge is 0.334 e. The average Bonchev–Trinajstić information content (AvgIpc) is 2.90. The lowest BCUT2D eigenvalue weighted by molar-refractivity contribution is 0.432. The zero-order chi connectivity index (χ0) is 12.4. The molecule has 0 amide bonds. The highest BCUT2D eigenvalue weighted by atomic mass is 79.9. The topological polar surface area (TPSA) is 51.8 Å². The number of halogens is 1. The third kappa shape index (κ3) is 2.04. The first-order valence-corrected chi connectivity index (χ1v) is 6.13. The van der Waals surface area contributed by atoms with Crippen LogP contribution in [0, 0.1) is 0 Å². The van der Waals surface area contributed by atoms with E-state index in [0.717, 1.165) is 15.6 Å². The molecule has 3 aromatic rings. The number of benzene rings is 1. The fourth-order valence-electron chi connectivity index (χ4n) is 1.59. The Morgan fingerprint density at radius 2 is 1.78 bits per heavy atom. The zero-order valence-corrected chi connectivity index (χ0v) is 10.8. The van der Waals surface area contributed by atoms with Gasteiger partial charge in [-0.15, -0.1) is 0 Å². The number of aromatic nitrogens is 3. The van der Waals surface area contributed by atoms with E-state index in [4.69, 9.17) is 4.52 Å². The first-order chi connectivity index (χ1) is 8.84. The summed E-state index contributed by atoms with van der Waals surface area (Å²) in [4.78, 5) is 8.33. The monoisotopic (exact) mass is 301 g/mol. The minimum atomic E-state index is 0.495. The first kappa shape index (κ1) is 11.1. The van der Waals surface area contributed by atoms with Gasteiger partial charge in [0.2, 0.25) is 5.82 Å². The van der Waals surface area contributed by atoms with Gasteiger partial charge in [-0.2, -0.15) is 4.98 Å². The average molecular weight is 302 g/mol. The summed E-state index contributed by atoms with van der Waals surface area (Å²) < 4.78 is 6.20. The highest BCUT2D eigenvalue weighted by Crippen LogP contribution is 2.28. The standard InChI is InChI=1S/C13H8BrN3O/c14-11-4-2-1-3-10(11)13-16-12(17-18-13)9-5-7-15-8-6-9/h1-8H. The smallest absolute Gasteiger partial charge is 0.259 e. The number of pyridine rings is 1. The van der Waals surface area contributed by atoms with Gasteiger partial charge in [-0.1, -0.05) is 17.3 Å². The molecule has 2 heterocycles. The van der Waals surface area contributed by atoms with Crippen LogP contribution in [-0.4, -0.2) is 15.1 Å². The molecule has 4 nitrogen and oxygen atoms in total. The lowest BCUT2D eigenvalue weighted by atomic mass is 10.2. The third-order valence-electron chi connectivity index (χ3n) is 2.47. The Morgan fingerprint density at radius 1 is 1.00 bits per heavy atom. The molecule has 0 aliphatic rings. The highest BCUT2D eigenvalue weighted by molar-refractivity contribution is 9.10. The molecule has 18 heavy (non-hydrogen) atoms. The van der Waals surface area contributed by atoms with Gasteiger partial charge in [-0.3, -0.25) is 4.98 Å². The van der Waals surface area contributed by atoms with E-state index >= 15 is 0 Å². The summed E-state index contributed by atoms with van der Waals surface area (Å²) in [6.45, 7) is 0. The van der Waals surface area contributed by atoms with Gasteiger partial charge in [0.25, 0.3) is 5.89 Å². The van der Waals surface area contributed by atoms with Crippen molar-refractivity contribution in [1.82, 2.24) is 15.1 Å². The summed E-state index contributed by atoms with van der Waals surface area (Å²) in [5.74, 6) is 1.05. The molecule has 88 valence electrons. The van der Waals surface area contributed by atoms with E-state index in [1.807, 2.05) is 36.4 Å². The molecule has 0 saturated carbocycles. The molecule has 1 aromatic carbocycles. The van der Waals surface area contributed by atoms with Crippen LogP contribution < -0.4 is 0 Å². The normalized spacial score (nSPS) is 10.5. The second kappa shape index (κ2) is 4.70. The van der Waals surface area contributed by atoms with Crippen LogP contribution in [0.15, 0.2) is 57.8 Å². The number of hydrogen-bond acceptors (Lipinski definition) is 4. The fourth-order valence-corrected chi connectivity index (χ4v) is 2.04. The fraction of sp³-hybridized carbons (Fsp3) is 0. The summed E-state index contributed by atoms with van der Waals surface area (Å²) in [6, 6.07) is 11.4. The third-order valence-corrected chi connectivity index (χ3v) is 3.16. The van der Waals surface area contributed by atoms with Crippen molar-refractivity contribution in [2.45, 2.75) is 0 Å². The molecule has 0 bridgehead atoms. The lowest BCUT2D eigenvalue weighted by Gasteiger charge is -1.96. The SMILES string of the molecule is Brc1ccccc1-c1nc(-c2ccncc2)no1. The van der Waals surface area contributed by atoms with Crippen molar-refractivity contribution in [2.24, 2.45) is 0 Å². The van der Waals surface area contributed by atoms with Crippen molar-refractivity contribution in [3.8, 4) is 22.8 Å². The Labute approximate surface area is 112 Å².